The van der Waals surface area contributed by atoms with Gasteiger partial charge >= 0.3 is 0 Å². The number of rotatable bonds is 11. The van der Waals surface area contributed by atoms with E-state index >= 15 is 0 Å². The number of hydrogen-bond acceptors (Lipinski definition) is 4. The quantitative estimate of drug-likeness (QED) is 0.456. The molecule has 0 N–H and O–H groups in total. The number of ether oxygens (including phenoxy) is 1. The van der Waals surface area contributed by atoms with Crippen molar-refractivity contribution in [3.8, 4) is 5.75 Å². The molecular formula is C19H27N3O2. The van der Waals surface area contributed by atoms with Crippen LogP contribution in [0.3, 0.4) is 0 Å². The van der Waals surface area contributed by atoms with Gasteiger partial charge in [-0.2, -0.15) is 0 Å². The summed E-state index contributed by atoms with van der Waals surface area (Å²) in [6, 6.07) is 7.09. The number of aromatic nitrogens is 3. The smallest absolute Gasteiger partial charge is 0.150 e. The summed E-state index contributed by atoms with van der Waals surface area (Å²) in [5, 5.41) is 8.27. The molecule has 0 saturated heterocycles. The van der Waals surface area contributed by atoms with E-state index in [0.717, 1.165) is 30.9 Å². The van der Waals surface area contributed by atoms with Gasteiger partial charge in [-0.05, 0) is 24.5 Å². The van der Waals surface area contributed by atoms with E-state index < -0.39 is 0 Å². The number of unbranched alkanes of at least 4 members (excludes halogenated alkanes) is 3. The van der Waals surface area contributed by atoms with E-state index in [1.54, 1.807) is 18.2 Å². The molecular weight excluding hydrogens is 302 g/mol. The second-order valence-corrected chi connectivity index (χ2v) is 6.55. The average molecular weight is 329 g/mol. The van der Waals surface area contributed by atoms with Crippen molar-refractivity contribution < 1.29 is 9.53 Å². The Labute approximate surface area is 144 Å². The molecule has 2 aromatic rings. The fourth-order valence-electron chi connectivity index (χ4n) is 2.53. The molecule has 5 heteroatoms. The zero-order valence-corrected chi connectivity index (χ0v) is 14.6. The summed E-state index contributed by atoms with van der Waals surface area (Å²) in [5.41, 5.74) is 1.40. The van der Waals surface area contributed by atoms with Gasteiger partial charge in [0.05, 0.1) is 6.20 Å². The SMILES string of the molecule is CC(C)CCCCCCn1cc(COc2cccc(C=O)c2)nn1. The molecule has 0 aliphatic heterocycles. The number of hydrogen-bond donors (Lipinski definition) is 0. The van der Waals surface area contributed by atoms with Crippen LogP contribution in [0.1, 0.15) is 62.0 Å². The van der Waals surface area contributed by atoms with Crippen LogP contribution in [0.5, 0.6) is 5.75 Å². The lowest BCUT2D eigenvalue weighted by Gasteiger charge is -2.04. The van der Waals surface area contributed by atoms with Gasteiger partial charge in [-0.1, -0.05) is 56.9 Å². The van der Waals surface area contributed by atoms with E-state index in [9.17, 15) is 4.79 Å². The van der Waals surface area contributed by atoms with Gasteiger partial charge in [0.1, 0.15) is 24.3 Å². The number of aryl methyl sites for hydroxylation is 1. The monoisotopic (exact) mass is 329 g/mol. The highest BCUT2D eigenvalue weighted by Gasteiger charge is 2.03. The first-order chi connectivity index (χ1) is 11.7. The molecule has 0 bridgehead atoms. The molecule has 0 saturated carbocycles. The second-order valence-electron chi connectivity index (χ2n) is 6.55. The lowest BCUT2D eigenvalue weighted by Crippen LogP contribution is -1.99. The van der Waals surface area contributed by atoms with Gasteiger partial charge in [0.2, 0.25) is 0 Å². The third kappa shape index (κ3) is 6.52. The molecule has 0 radical (unpaired) electrons. The van der Waals surface area contributed by atoms with Crippen molar-refractivity contribution in [3.05, 3.63) is 41.7 Å². The van der Waals surface area contributed by atoms with Gasteiger partial charge in [0.15, 0.2) is 0 Å². The van der Waals surface area contributed by atoms with E-state index in [1.165, 1.54) is 25.7 Å². The Kier molecular flexibility index (Phi) is 7.46. The van der Waals surface area contributed by atoms with Crippen molar-refractivity contribution in [2.24, 2.45) is 5.92 Å². The van der Waals surface area contributed by atoms with Gasteiger partial charge in [0, 0.05) is 12.1 Å². The zero-order chi connectivity index (χ0) is 17.2. The first kappa shape index (κ1) is 18.2. The molecule has 0 spiro atoms. The van der Waals surface area contributed by atoms with E-state index in [4.69, 9.17) is 4.74 Å². The average Bonchev–Trinajstić information content (AvgIpc) is 3.04. The fourth-order valence-corrected chi connectivity index (χ4v) is 2.53. The second kappa shape index (κ2) is 9.85. The van der Waals surface area contributed by atoms with Crippen LogP contribution in [0.4, 0.5) is 0 Å². The maximum atomic E-state index is 10.8. The Morgan fingerprint density at radius 1 is 1.21 bits per heavy atom. The maximum Gasteiger partial charge on any atom is 0.150 e. The van der Waals surface area contributed by atoms with Crippen LogP contribution in [0.15, 0.2) is 30.5 Å². The topological polar surface area (TPSA) is 57.0 Å². The number of carbonyl (C=O) groups is 1. The summed E-state index contributed by atoms with van der Waals surface area (Å²) >= 11 is 0. The molecule has 2 rings (SSSR count). The Bertz CT molecular complexity index is 623. The number of benzene rings is 1. The third-order valence-corrected chi connectivity index (χ3v) is 3.89. The fraction of sp³-hybridized carbons (Fsp3) is 0.526. The summed E-state index contributed by atoms with van der Waals surface area (Å²) in [4.78, 5) is 10.8. The van der Waals surface area contributed by atoms with Gasteiger partial charge in [-0.15, -0.1) is 5.10 Å². The summed E-state index contributed by atoms with van der Waals surface area (Å²) < 4.78 is 7.53. The minimum atomic E-state index is 0.358. The molecule has 0 unspecified atom stereocenters. The van der Waals surface area contributed by atoms with Gasteiger partial charge in [-0.25, -0.2) is 0 Å². The molecule has 0 aliphatic carbocycles. The lowest BCUT2D eigenvalue weighted by atomic mass is 10.0. The van der Waals surface area contributed by atoms with Crippen LogP contribution >= 0.6 is 0 Å². The van der Waals surface area contributed by atoms with Crippen LogP contribution in [0.25, 0.3) is 0 Å². The number of carbonyl (C=O) groups excluding carboxylic acids is 1. The Hall–Kier alpha value is -2.17. The maximum absolute atomic E-state index is 10.8. The van der Waals surface area contributed by atoms with Crippen molar-refractivity contribution in [1.29, 1.82) is 0 Å². The largest absolute Gasteiger partial charge is 0.487 e. The van der Waals surface area contributed by atoms with Gasteiger partial charge < -0.3 is 4.74 Å². The van der Waals surface area contributed by atoms with E-state index in [2.05, 4.69) is 24.2 Å². The van der Waals surface area contributed by atoms with Crippen LogP contribution < -0.4 is 4.74 Å². The van der Waals surface area contributed by atoms with Gasteiger partial charge in [0.25, 0.3) is 0 Å². The minimum absolute atomic E-state index is 0.358. The normalized spacial score (nSPS) is 11.0. The molecule has 0 fully saturated rings. The highest BCUT2D eigenvalue weighted by atomic mass is 16.5. The molecule has 0 atom stereocenters. The van der Waals surface area contributed by atoms with Crippen molar-refractivity contribution in [2.75, 3.05) is 0 Å². The van der Waals surface area contributed by atoms with Crippen LogP contribution in [-0.2, 0) is 13.2 Å². The molecule has 0 aliphatic rings. The third-order valence-electron chi connectivity index (χ3n) is 3.89. The van der Waals surface area contributed by atoms with Gasteiger partial charge in [-0.3, -0.25) is 9.48 Å². The van der Waals surface area contributed by atoms with E-state index in [-0.39, 0.29) is 0 Å². The van der Waals surface area contributed by atoms with Crippen LogP contribution in [0, 0.1) is 5.92 Å². The molecule has 130 valence electrons. The van der Waals surface area contributed by atoms with Crippen LogP contribution in [0.2, 0.25) is 0 Å². The van der Waals surface area contributed by atoms with E-state index in [1.807, 2.05) is 16.9 Å². The minimum Gasteiger partial charge on any atom is -0.487 e. The Balaban J connectivity index is 1.68. The molecule has 5 nitrogen and oxygen atoms in total. The zero-order valence-electron chi connectivity index (χ0n) is 14.6. The first-order valence-corrected chi connectivity index (χ1v) is 8.74. The first-order valence-electron chi connectivity index (χ1n) is 8.74. The van der Waals surface area contributed by atoms with Crippen molar-refractivity contribution in [2.45, 2.75) is 59.1 Å². The number of aldehydes is 1. The molecule has 1 aromatic carbocycles. The van der Waals surface area contributed by atoms with E-state index in [0.29, 0.717) is 17.9 Å². The summed E-state index contributed by atoms with van der Waals surface area (Å²) in [7, 11) is 0. The number of nitrogens with zero attached hydrogens (tertiary/aromatic N) is 3. The highest BCUT2D eigenvalue weighted by Crippen LogP contribution is 2.14. The summed E-state index contributed by atoms with van der Waals surface area (Å²) in [5.74, 6) is 1.47. The Morgan fingerprint density at radius 3 is 2.83 bits per heavy atom. The highest BCUT2D eigenvalue weighted by molar-refractivity contribution is 5.75. The van der Waals surface area contributed by atoms with Crippen molar-refractivity contribution >= 4 is 6.29 Å². The predicted molar refractivity (Wildman–Crippen MR) is 94.1 cm³/mol. The van der Waals surface area contributed by atoms with Crippen LogP contribution in [-0.4, -0.2) is 21.3 Å². The Morgan fingerprint density at radius 2 is 2.04 bits per heavy atom. The summed E-state index contributed by atoms with van der Waals surface area (Å²) in [6.45, 7) is 5.80. The van der Waals surface area contributed by atoms with Crippen molar-refractivity contribution in [1.82, 2.24) is 15.0 Å². The molecule has 1 heterocycles. The predicted octanol–water partition coefficient (Wildman–Crippen LogP) is 4.28. The van der Waals surface area contributed by atoms with Crippen molar-refractivity contribution in [3.63, 3.8) is 0 Å². The standard InChI is InChI=1S/C19H27N3O2/c1-16(2)8-5-3-4-6-11-22-13-18(20-21-22)15-24-19-10-7-9-17(12-19)14-23/h7,9-10,12-14,16H,3-6,8,11,15H2,1-2H3. The molecule has 1 aromatic heterocycles. The lowest BCUT2D eigenvalue weighted by molar-refractivity contribution is 0.112. The summed E-state index contributed by atoms with van der Waals surface area (Å²) in [6.07, 6.45) is 9.02. The molecule has 0 amide bonds. The molecule has 24 heavy (non-hydrogen) atoms.